The first kappa shape index (κ1) is 14.3. The number of hydrogen-bond acceptors (Lipinski definition) is 3. The predicted molar refractivity (Wildman–Crippen MR) is 86.5 cm³/mol. The van der Waals surface area contributed by atoms with Crippen LogP contribution in [-0.4, -0.2) is 17.8 Å². The third kappa shape index (κ3) is 3.01. The van der Waals surface area contributed by atoms with Gasteiger partial charge >= 0.3 is 0 Å². The molecule has 0 spiro atoms. The van der Waals surface area contributed by atoms with Gasteiger partial charge in [0.25, 0.3) is 0 Å². The predicted octanol–water partition coefficient (Wildman–Crippen LogP) is 4.20. The van der Waals surface area contributed by atoms with Crippen LogP contribution in [0.4, 0.5) is 0 Å². The summed E-state index contributed by atoms with van der Waals surface area (Å²) < 4.78 is 1.24. The number of nitrogens with one attached hydrogen (secondary N) is 1. The van der Waals surface area contributed by atoms with Crippen molar-refractivity contribution in [3.05, 3.63) is 34.2 Å². The van der Waals surface area contributed by atoms with E-state index in [1.54, 1.807) is 11.3 Å². The summed E-state index contributed by atoms with van der Waals surface area (Å²) in [7, 11) is 0. The highest BCUT2D eigenvalue weighted by molar-refractivity contribution is 7.19. The zero-order chi connectivity index (χ0) is 13.9. The lowest BCUT2D eigenvalue weighted by Gasteiger charge is -2.27. The second-order valence-corrected chi connectivity index (χ2v) is 7.09. The molecule has 0 saturated heterocycles. The molecule has 2 unspecified atom stereocenters. The number of aliphatic hydroxyl groups excluding tert-OH is 1. The van der Waals surface area contributed by atoms with Gasteiger partial charge in [-0.25, -0.2) is 0 Å². The van der Waals surface area contributed by atoms with Crippen molar-refractivity contribution in [2.75, 3.05) is 6.54 Å². The first-order chi connectivity index (χ1) is 9.75. The number of fused-ring (bicyclic) bond motifs is 1. The number of hydrogen-bond donors (Lipinski definition) is 2. The Kier molecular flexibility index (Phi) is 4.61. The first-order valence-electron chi connectivity index (χ1n) is 7.30. The van der Waals surface area contributed by atoms with E-state index < -0.39 is 0 Å². The minimum atomic E-state index is -0.130. The SMILES string of the molecule is OC1CCCCC1CNCc1sc2ccccc2c1Cl. The molecule has 108 valence electrons. The molecule has 1 aliphatic carbocycles. The quantitative estimate of drug-likeness (QED) is 0.887. The zero-order valence-electron chi connectivity index (χ0n) is 11.4. The van der Waals surface area contributed by atoms with E-state index in [9.17, 15) is 5.11 Å². The monoisotopic (exact) mass is 309 g/mol. The molecule has 1 aromatic carbocycles. The third-order valence-corrected chi connectivity index (χ3v) is 5.88. The van der Waals surface area contributed by atoms with Gasteiger partial charge < -0.3 is 10.4 Å². The van der Waals surface area contributed by atoms with E-state index in [0.717, 1.165) is 36.3 Å². The second kappa shape index (κ2) is 6.44. The van der Waals surface area contributed by atoms with Crippen molar-refractivity contribution in [3.8, 4) is 0 Å². The Morgan fingerprint density at radius 1 is 1.25 bits per heavy atom. The lowest BCUT2D eigenvalue weighted by molar-refractivity contribution is 0.0695. The molecule has 2 N–H and O–H groups in total. The van der Waals surface area contributed by atoms with Crippen LogP contribution in [0.5, 0.6) is 0 Å². The van der Waals surface area contributed by atoms with Crippen molar-refractivity contribution in [1.82, 2.24) is 5.32 Å². The van der Waals surface area contributed by atoms with Gasteiger partial charge in [0.2, 0.25) is 0 Å². The molecule has 4 heteroatoms. The van der Waals surface area contributed by atoms with Crippen molar-refractivity contribution in [3.63, 3.8) is 0 Å². The van der Waals surface area contributed by atoms with Crippen LogP contribution < -0.4 is 5.32 Å². The molecular weight excluding hydrogens is 290 g/mol. The van der Waals surface area contributed by atoms with Crippen molar-refractivity contribution < 1.29 is 5.11 Å². The summed E-state index contributed by atoms with van der Waals surface area (Å²) in [6.45, 7) is 1.67. The Labute approximate surface area is 128 Å². The van der Waals surface area contributed by atoms with E-state index in [1.807, 2.05) is 12.1 Å². The van der Waals surface area contributed by atoms with Crippen molar-refractivity contribution >= 4 is 33.0 Å². The zero-order valence-corrected chi connectivity index (χ0v) is 13.0. The van der Waals surface area contributed by atoms with Crippen LogP contribution in [0.15, 0.2) is 24.3 Å². The number of benzene rings is 1. The molecule has 1 aliphatic rings. The molecule has 0 bridgehead atoms. The molecule has 0 radical (unpaired) electrons. The van der Waals surface area contributed by atoms with Gasteiger partial charge in [0.1, 0.15) is 0 Å². The standard InChI is InChI=1S/C16H20ClNOS/c17-16-12-6-2-4-8-14(12)20-15(16)10-18-9-11-5-1-3-7-13(11)19/h2,4,6,8,11,13,18-19H,1,3,5,7,9-10H2. The molecule has 1 fully saturated rings. The van der Waals surface area contributed by atoms with E-state index in [1.165, 1.54) is 22.4 Å². The number of rotatable bonds is 4. The van der Waals surface area contributed by atoms with Gasteiger partial charge in [0, 0.05) is 28.1 Å². The summed E-state index contributed by atoms with van der Waals surface area (Å²) in [5.41, 5.74) is 0. The average Bonchev–Trinajstić information content (AvgIpc) is 2.78. The Morgan fingerprint density at radius 2 is 2.05 bits per heavy atom. The molecular formula is C16H20ClNOS. The summed E-state index contributed by atoms with van der Waals surface area (Å²) in [4.78, 5) is 1.19. The number of halogens is 1. The maximum atomic E-state index is 9.97. The number of aliphatic hydroxyl groups is 1. The van der Waals surface area contributed by atoms with Gasteiger partial charge in [-0.1, -0.05) is 42.6 Å². The summed E-state index contributed by atoms with van der Waals surface area (Å²) in [5.74, 6) is 0.400. The average molecular weight is 310 g/mol. The summed E-state index contributed by atoms with van der Waals surface area (Å²) in [5, 5.41) is 15.5. The van der Waals surface area contributed by atoms with Crippen LogP contribution >= 0.6 is 22.9 Å². The molecule has 1 saturated carbocycles. The highest BCUT2D eigenvalue weighted by Gasteiger charge is 2.22. The smallest absolute Gasteiger partial charge is 0.0636 e. The summed E-state index contributed by atoms with van der Waals surface area (Å²) >= 11 is 8.18. The lowest BCUT2D eigenvalue weighted by Crippen LogP contribution is -2.33. The van der Waals surface area contributed by atoms with E-state index in [2.05, 4.69) is 17.4 Å². The molecule has 0 aliphatic heterocycles. The van der Waals surface area contributed by atoms with Gasteiger partial charge in [-0.2, -0.15) is 0 Å². The highest BCUT2D eigenvalue weighted by Crippen LogP contribution is 2.35. The molecule has 1 heterocycles. The maximum Gasteiger partial charge on any atom is 0.0636 e. The van der Waals surface area contributed by atoms with Crippen LogP contribution in [0.2, 0.25) is 5.02 Å². The highest BCUT2D eigenvalue weighted by atomic mass is 35.5. The normalized spacial score (nSPS) is 23.3. The molecule has 2 nitrogen and oxygen atoms in total. The lowest BCUT2D eigenvalue weighted by atomic mass is 9.86. The van der Waals surface area contributed by atoms with Crippen molar-refractivity contribution in [2.45, 2.75) is 38.3 Å². The van der Waals surface area contributed by atoms with Crippen LogP contribution in [0.1, 0.15) is 30.6 Å². The Balaban J connectivity index is 1.61. The van der Waals surface area contributed by atoms with Crippen molar-refractivity contribution in [1.29, 1.82) is 0 Å². The Bertz CT molecular complexity index is 583. The summed E-state index contributed by atoms with van der Waals surface area (Å²) in [6.07, 6.45) is 4.37. The molecule has 1 aromatic heterocycles. The maximum absolute atomic E-state index is 9.97. The van der Waals surface area contributed by atoms with Crippen LogP contribution in [0, 0.1) is 5.92 Å². The van der Waals surface area contributed by atoms with Crippen LogP contribution in [0.25, 0.3) is 10.1 Å². The Hall–Kier alpha value is -0.610. The van der Waals surface area contributed by atoms with Gasteiger partial charge in [-0.3, -0.25) is 0 Å². The van der Waals surface area contributed by atoms with Crippen LogP contribution in [0.3, 0.4) is 0 Å². The number of thiophene rings is 1. The minimum Gasteiger partial charge on any atom is -0.393 e. The van der Waals surface area contributed by atoms with Crippen molar-refractivity contribution in [2.24, 2.45) is 5.92 Å². The topological polar surface area (TPSA) is 32.3 Å². The first-order valence-corrected chi connectivity index (χ1v) is 8.50. The summed E-state index contributed by atoms with van der Waals surface area (Å²) in [6, 6.07) is 8.25. The van der Waals surface area contributed by atoms with Crippen LogP contribution in [-0.2, 0) is 6.54 Å². The fraction of sp³-hybridized carbons (Fsp3) is 0.500. The fourth-order valence-corrected chi connectivity index (χ4v) is 4.44. The fourth-order valence-electron chi connectivity index (χ4n) is 2.98. The molecule has 2 aromatic rings. The van der Waals surface area contributed by atoms with E-state index in [4.69, 9.17) is 11.6 Å². The molecule has 20 heavy (non-hydrogen) atoms. The molecule has 0 amide bonds. The van der Waals surface area contributed by atoms with E-state index in [0.29, 0.717) is 5.92 Å². The minimum absolute atomic E-state index is 0.130. The van der Waals surface area contributed by atoms with E-state index >= 15 is 0 Å². The second-order valence-electron chi connectivity index (χ2n) is 5.58. The van der Waals surface area contributed by atoms with Gasteiger partial charge in [-0.05, 0) is 24.8 Å². The van der Waals surface area contributed by atoms with Gasteiger partial charge in [0.15, 0.2) is 0 Å². The van der Waals surface area contributed by atoms with E-state index in [-0.39, 0.29) is 6.10 Å². The third-order valence-electron chi connectivity index (χ3n) is 4.16. The van der Waals surface area contributed by atoms with Gasteiger partial charge in [0.05, 0.1) is 11.1 Å². The molecule has 2 atom stereocenters. The Morgan fingerprint density at radius 3 is 2.85 bits per heavy atom. The van der Waals surface area contributed by atoms with Gasteiger partial charge in [-0.15, -0.1) is 11.3 Å². The molecule has 3 rings (SSSR count). The largest absolute Gasteiger partial charge is 0.393 e.